The quantitative estimate of drug-likeness (QED) is 0.0700. The zero-order valence-corrected chi connectivity index (χ0v) is 82.5. The lowest BCUT2D eigenvalue weighted by atomic mass is 9.79. The van der Waals surface area contributed by atoms with Gasteiger partial charge in [-0.1, -0.05) is 385 Å². The first-order valence-corrected chi connectivity index (χ1v) is 47.6. The molecule has 5 aromatic heterocycles. The van der Waals surface area contributed by atoms with E-state index in [1.807, 2.05) is 260 Å². The Balaban J connectivity index is 0.000000262. The first-order chi connectivity index (χ1) is 62.0. The fourth-order valence-electron chi connectivity index (χ4n) is 13.2. The lowest BCUT2D eigenvalue weighted by molar-refractivity contribution is -0.385. The number of hydrogen-bond donors (Lipinski definition) is 1. The molecule has 1 N–H and O–H groups in total. The molecule has 1 aliphatic heterocycles. The highest BCUT2D eigenvalue weighted by Crippen LogP contribution is 2.41. The summed E-state index contributed by atoms with van der Waals surface area (Å²) < 4.78 is 37.3. The van der Waals surface area contributed by atoms with Crippen LogP contribution in [0.2, 0.25) is 0 Å². The average molecular weight is 1850 g/mol. The molecule has 0 aliphatic carbocycles. The van der Waals surface area contributed by atoms with Gasteiger partial charge in [-0.05, 0) is 163 Å². The van der Waals surface area contributed by atoms with Crippen LogP contribution in [0.15, 0.2) is 354 Å². The van der Waals surface area contributed by atoms with E-state index in [-0.39, 0.29) is 34.6 Å². The van der Waals surface area contributed by atoms with Crippen molar-refractivity contribution < 1.29 is 36.8 Å². The molecular formula is C110H127BBr2N3O10P. The second-order valence-corrected chi connectivity index (χ2v) is 30.4. The van der Waals surface area contributed by atoms with Gasteiger partial charge >= 0.3 is 7.12 Å². The molecule has 13 nitrogen and oxygen atoms in total. The van der Waals surface area contributed by atoms with Crippen molar-refractivity contribution in [2.45, 2.75) is 177 Å². The molecular weight excluding hydrogens is 1720 g/mol. The number of rotatable bonds is 7. The SMILES string of the molecule is Brc1ccc2c(c1)oc1ccccc12.CC.CC.CC.CC.CC.CC.CC.CC.CC.CC.CC1(C)OB(c2ccc3c(c2)oc2ccccc23)OC1(C)C.O=[N+]([O-])c1ccccc1-c1ccc2c(c1)oc1ccccc12.O=[N+]([O-])c1ccccc1Br.c1ccc(P(c2ccccc2)c2ccccc2)cc1.c1ccc2c(c1)[nH]c1c2ccc2c3ccccc3oc21. The number of nitrogens with one attached hydrogen (secondary N) is 1. The Labute approximate surface area is 770 Å². The molecule has 20 rings (SSSR count). The molecule has 1 saturated heterocycles. The van der Waals surface area contributed by atoms with E-state index in [1.54, 1.807) is 36.4 Å². The number of aromatic nitrogens is 1. The van der Waals surface area contributed by atoms with Gasteiger partial charge < -0.3 is 32.0 Å². The second kappa shape index (κ2) is 55.0. The molecule has 0 spiro atoms. The minimum atomic E-state index is -0.446. The van der Waals surface area contributed by atoms with Gasteiger partial charge in [-0.3, -0.25) is 20.2 Å². The third-order valence-electron chi connectivity index (χ3n) is 19.2. The monoisotopic (exact) mass is 1850 g/mol. The topological polar surface area (TPSA) is 173 Å². The summed E-state index contributed by atoms with van der Waals surface area (Å²) in [6.07, 6.45) is 0. The maximum Gasteiger partial charge on any atom is 0.494 e. The van der Waals surface area contributed by atoms with Crippen LogP contribution in [-0.2, 0) is 9.31 Å². The van der Waals surface area contributed by atoms with Crippen LogP contribution >= 0.6 is 39.8 Å². The van der Waals surface area contributed by atoms with Crippen molar-refractivity contribution in [1.29, 1.82) is 0 Å². The highest BCUT2D eigenvalue weighted by atomic mass is 79.9. The van der Waals surface area contributed by atoms with E-state index in [0.717, 1.165) is 92.7 Å². The van der Waals surface area contributed by atoms with Gasteiger partial charge in [0.25, 0.3) is 11.4 Å². The van der Waals surface area contributed by atoms with Crippen molar-refractivity contribution in [2.75, 3.05) is 0 Å². The smallest absolute Gasteiger partial charge is 0.456 e. The molecule has 127 heavy (non-hydrogen) atoms. The Morgan fingerprint density at radius 1 is 0.307 bits per heavy atom. The third kappa shape index (κ3) is 26.7. The van der Waals surface area contributed by atoms with Gasteiger partial charge in [0.1, 0.15) is 39.1 Å². The number of nitrogens with zero attached hydrogens (tertiary/aromatic N) is 2. The van der Waals surface area contributed by atoms with Crippen LogP contribution in [-0.4, -0.2) is 33.2 Å². The summed E-state index contributed by atoms with van der Waals surface area (Å²) in [5.41, 5.74) is 11.2. The normalized spacial score (nSPS) is 11.3. The van der Waals surface area contributed by atoms with Crippen LogP contribution in [0.25, 0.3) is 121 Å². The maximum absolute atomic E-state index is 11.2. The number of benzene rings is 14. The summed E-state index contributed by atoms with van der Waals surface area (Å²) in [5, 5.41) is 37.0. The molecule has 14 aromatic carbocycles. The summed E-state index contributed by atoms with van der Waals surface area (Å²) in [4.78, 5) is 24.1. The number of nitro groups is 2. The lowest BCUT2D eigenvalue weighted by Crippen LogP contribution is -2.41. The predicted molar refractivity (Wildman–Crippen MR) is 559 cm³/mol. The number of hydrogen-bond acceptors (Lipinski definition) is 10. The molecule has 19 aromatic rings. The second-order valence-electron chi connectivity index (χ2n) is 26.4. The van der Waals surface area contributed by atoms with Crippen LogP contribution in [0.5, 0.6) is 0 Å². The van der Waals surface area contributed by atoms with E-state index in [9.17, 15) is 20.2 Å². The van der Waals surface area contributed by atoms with Crippen molar-refractivity contribution in [3.63, 3.8) is 0 Å². The molecule has 0 bridgehead atoms. The van der Waals surface area contributed by atoms with Gasteiger partial charge in [-0.15, -0.1) is 0 Å². The minimum absolute atomic E-state index is 0.0953. The first kappa shape index (κ1) is 106. The van der Waals surface area contributed by atoms with Crippen molar-refractivity contribution in [3.8, 4) is 11.1 Å². The number of halogens is 2. The molecule has 0 amide bonds. The van der Waals surface area contributed by atoms with E-state index in [1.165, 1.54) is 60.4 Å². The van der Waals surface area contributed by atoms with Crippen LogP contribution in [0.3, 0.4) is 0 Å². The van der Waals surface area contributed by atoms with E-state index < -0.39 is 12.8 Å². The number of furan rings is 4. The van der Waals surface area contributed by atoms with Crippen molar-refractivity contribution in [3.05, 3.63) is 357 Å². The largest absolute Gasteiger partial charge is 0.494 e. The minimum Gasteiger partial charge on any atom is -0.456 e. The molecule has 0 radical (unpaired) electrons. The van der Waals surface area contributed by atoms with Crippen molar-refractivity contribution in [1.82, 2.24) is 4.98 Å². The first-order valence-electron chi connectivity index (χ1n) is 44.7. The van der Waals surface area contributed by atoms with E-state index in [0.29, 0.717) is 10.0 Å². The highest BCUT2D eigenvalue weighted by Gasteiger charge is 2.52. The van der Waals surface area contributed by atoms with Gasteiger partial charge in [-0.2, -0.15) is 0 Å². The third-order valence-corrected chi connectivity index (χ3v) is 22.8. The number of aromatic amines is 1. The average Bonchev–Trinajstić information content (AvgIpc) is 1.58. The summed E-state index contributed by atoms with van der Waals surface area (Å²) in [5.74, 6) is 0. The Kier molecular flexibility index (Phi) is 45.8. The molecule has 1 fully saturated rings. The summed E-state index contributed by atoms with van der Waals surface area (Å²) in [6, 6.07) is 108. The van der Waals surface area contributed by atoms with Crippen LogP contribution in [0, 0.1) is 20.2 Å². The highest BCUT2D eigenvalue weighted by molar-refractivity contribution is 9.10. The zero-order chi connectivity index (χ0) is 93.8. The van der Waals surface area contributed by atoms with E-state index >= 15 is 0 Å². The zero-order valence-electron chi connectivity index (χ0n) is 78.4. The molecule has 0 saturated carbocycles. The van der Waals surface area contributed by atoms with E-state index in [4.69, 9.17) is 27.0 Å². The van der Waals surface area contributed by atoms with Crippen LogP contribution in [0.1, 0.15) is 166 Å². The predicted octanol–water partition coefficient (Wildman–Crippen LogP) is 34.7. The van der Waals surface area contributed by atoms with Gasteiger partial charge in [0.15, 0.2) is 5.58 Å². The van der Waals surface area contributed by atoms with E-state index in [2.05, 4.69) is 222 Å². The van der Waals surface area contributed by atoms with Gasteiger partial charge in [-0.25, -0.2) is 0 Å². The van der Waals surface area contributed by atoms with Gasteiger partial charge in [0.05, 0.1) is 36.6 Å². The number of fused-ring (bicyclic) bond motifs is 16. The summed E-state index contributed by atoms with van der Waals surface area (Å²) in [6.45, 7) is 48.2. The molecule has 1 aliphatic rings. The fourth-order valence-corrected chi connectivity index (χ4v) is 16.3. The van der Waals surface area contributed by atoms with Crippen LogP contribution in [0.4, 0.5) is 11.4 Å². The molecule has 664 valence electrons. The molecule has 17 heteroatoms. The summed E-state index contributed by atoms with van der Waals surface area (Å²) in [7, 11) is -0.805. The Hall–Kier alpha value is -11.7. The molecule has 0 unspecified atom stereocenters. The molecule has 6 heterocycles. The lowest BCUT2D eigenvalue weighted by Gasteiger charge is -2.32. The Morgan fingerprint density at radius 2 is 0.630 bits per heavy atom. The maximum atomic E-state index is 11.2. The van der Waals surface area contributed by atoms with Gasteiger partial charge in [0.2, 0.25) is 0 Å². The fraction of sp³-hybridized carbons (Fsp3) is 0.236. The molecule has 0 atom stereocenters. The summed E-state index contributed by atoms with van der Waals surface area (Å²) >= 11 is 6.48. The van der Waals surface area contributed by atoms with Crippen molar-refractivity contribution in [2.24, 2.45) is 0 Å². The number of para-hydroxylation sites is 7. The van der Waals surface area contributed by atoms with Crippen LogP contribution < -0.4 is 21.4 Å². The van der Waals surface area contributed by atoms with Crippen molar-refractivity contribution >= 4 is 189 Å². The van der Waals surface area contributed by atoms with Gasteiger partial charge in [0, 0.05) is 76.0 Å². The Bertz CT molecular complexity index is 6240. The standard InChI is InChI=1S/C18H19BO3.C18H11NO3.C18H11NO.C18H15P.C12H7BrO.C6H4BrNO2.10C2H6/c1-17(2)18(3,4)22-19(21-17)12-9-10-14-13-7-5-6-8-15(13)20-16(14)11-12;20-19(21)16-7-3-1-5-13(16)12-9-10-15-14-6-2-4-8-17(14)22-18(15)11-12;1-3-7-15-11(5-1)13-9-10-14-12-6-2-4-8-16(12)20-18(14)17(13)19-15;1-4-10-16(11-5-1)19(17-12-6-2-7-13-17)18-14-8-3-9-15-18;13-8-5-6-10-9-3-1-2-4-11(9)14-12(10)7-8;7-5-3-1-2-4-6(5)8(9)10;10*1-2/h5-11H,1-4H3;1-11H;1-10,19H;1-15H;1-7H;1-4H;10*1-2H3. The number of nitro benzene ring substituents is 2. The number of H-pyrrole nitrogens is 1. The Morgan fingerprint density at radius 3 is 1.06 bits per heavy atom.